The van der Waals surface area contributed by atoms with Crippen LogP contribution in [0.5, 0.6) is 0 Å². The normalized spacial score (nSPS) is 11.0. The zero-order valence-electron chi connectivity index (χ0n) is 25.1. The first kappa shape index (κ1) is 38.1. The molecule has 2 rings (SSSR count). The van der Waals surface area contributed by atoms with Crippen LogP contribution in [-0.2, 0) is 38.5 Å². The number of quaternary nitrogens is 1. The highest BCUT2D eigenvalue weighted by atomic mass is 32.2. The maximum atomic E-state index is 12.3. The van der Waals surface area contributed by atoms with E-state index < -0.39 is 27.0 Å². The van der Waals surface area contributed by atoms with Crippen LogP contribution in [0.15, 0.2) is 53.4 Å². The van der Waals surface area contributed by atoms with Crippen LogP contribution in [0.4, 0.5) is 5.69 Å². The summed E-state index contributed by atoms with van der Waals surface area (Å²) in [7, 11) is -4.94. The third-order valence-corrected chi connectivity index (χ3v) is 6.27. The molecule has 3 N–H and O–H groups in total. The second-order valence-electron chi connectivity index (χ2n) is 9.11. The molecule has 0 bridgehead atoms. The molecule has 12 nitrogen and oxygen atoms in total. The average Bonchev–Trinajstić information content (AvgIpc) is 2.99. The van der Waals surface area contributed by atoms with E-state index in [0.717, 1.165) is 49.6 Å². The standard InChI is InChI=1S/C24H38O11S.C6H7N/c1-3-5-7-30-9-11-32-13-15-34-23(25)20-17-21(19-22(18-20)36(27,28)29)24(26)35-16-14-33-12-10-31-8-6-4-2;7-6-4-2-1-3-5-6/h17-19H,3-16H2,1-2H3,(H,27,28,29);1-5H,7H2. The van der Waals surface area contributed by atoms with Gasteiger partial charge < -0.3 is 38.7 Å². The fraction of sp³-hybridized carbons (Fsp3) is 0.533. The summed E-state index contributed by atoms with van der Waals surface area (Å²) in [5.74, 6) is -1.83. The Bertz CT molecular complexity index is 1090. The van der Waals surface area contributed by atoms with Crippen LogP contribution >= 0.6 is 0 Å². The summed E-state index contributed by atoms with van der Waals surface area (Å²) in [6, 6.07) is 12.7. The molecule has 0 heterocycles. The average molecular weight is 628 g/mol. The molecule has 0 aromatic heterocycles. The second-order valence-corrected chi connectivity index (χ2v) is 10.5. The van der Waals surface area contributed by atoms with Gasteiger partial charge in [-0.25, -0.2) is 18.0 Å². The Hall–Kier alpha value is -2.91. The van der Waals surface area contributed by atoms with E-state index in [0.29, 0.717) is 39.6 Å². The van der Waals surface area contributed by atoms with Crippen molar-refractivity contribution in [3.63, 3.8) is 0 Å². The SMILES string of the molecule is CCCCOCCOCCOC(=O)c1cc(C(=O)OCCOCCOCCCC)cc(S(=O)(=O)[O-])c1.[NH3+]c1ccccc1. The second kappa shape index (κ2) is 23.5. The Labute approximate surface area is 254 Å². The van der Waals surface area contributed by atoms with Crippen molar-refractivity contribution in [2.75, 3.05) is 66.1 Å². The molecule has 0 aliphatic rings. The van der Waals surface area contributed by atoms with Gasteiger partial charge in [0, 0.05) is 13.2 Å². The molecule has 0 saturated carbocycles. The highest BCUT2D eigenvalue weighted by Gasteiger charge is 2.17. The van der Waals surface area contributed by atoms with Gasteiger partial charge in [-0.15, -0.1) is 0 Å². The molecular weight excluding hydrogens is 582 g/mol. The summed E-state index contributed by atoms with van der Waals surface area (Å²) in [4.78, 5) is 24.0. The molecule has 0 spiro atoms. The van der Waals surface area contributed by atoms with Gasteiger partial charge in [0.25, 0.3) is 0 Å². The first-order valence-corrected chi connectivity index (χ1v) is 15.7. The number of ether oxygens (including phenoxy) is 6. The van der Waals surface area contributed by atoms with E-state index >= 15 is 0 Å². The minimum absolute atomic E-state index is 0.0982. The molecule has 0 atom stereocenters. The van der Waals surface area contributed by atoms with Crippen molar-refractivity contribution in [3.05, 3.63) is 59.7 Å². The van der Waals surface area contributed by atoms with Crippen LogP contribution in [0.25, 0.3) is 0 Å². The number of hydrogen-bond donors (Lipinski definition) is 1. The number of carbonyl (C=O) groups excluding carboxylic acids is 2. The van der Waals surface area contributed by atoms with Gasteiger partial charge in [-0.1, -0.05) is 44.9 Å². The third-order valence-electron chi connectivity index (χ3n) is 5.46. The zero-order chi connectivity index (χ0) is 31.8. The molecule has 13 heteroatoms. The Morgan fingerprint density at radius 1 is 0.651 bits per heavy atom. The Kier molecular flexibility index (Phi) is 20.9. The van der Waals surface area contributed by atoms with E-state index in [2.05, 4.69) is 19.6 Å². The molecule has 0 aliphatic carbocycles. The first-order valence-electron chi connectivity index (χ1n) is 14.3. The van der Waals surface area contributed by atoms with Crippen molar-refractivity contribution in [3.8, 4) is 0 Å². The predicted octanol–water partition coefficient (Wildman–Crippen LogP) is 3.13. The van der Waals surface area contributed by atoms with Crippen molar-refractivity contribution < 1.29 is 56.7 Å². The third kappa shape index (κ3) is 19.1. The monoisotopic (exact) mass is 627 g/mol. The van der Waals surface area contributed by atoms with Crippen molar-refractivity contribution in [1.82, 2.24) is 0 Å². The molecule has 2 aromatic rings. The maximum Gasteiger partial charge on any atom is 0.338 e. The number of benzene rings is 2. The fourth-order valence-corrected chi connectivity index (χ4v) is 3.69. The van der Waals surface area contributed by atoms with Gasteiger partial charge >= 0.3 is 11.9 Å². The molecule has 43 heavy (non-hydrogen) atoms. The van der Waals surface area contributed by atoms with Gasteiger partial charge in [-0.05, 0) is 43.2 Å². The van der Waals surface area contributed by atoms with E-state index in [-0.39, 0.29) is 37.6 Å². The molecule has 2 aromatic carbocycles. The lowest BCUT2D eigenvalue weighted by Crippen LogP contribution is -2.39. The summed E-state index contributed by atoms with van der Waals surface area (Å²) in [6.07, 6.45) is 4.00. The first-order chi connectivity index (χ1) is 20.7. The minimum Gasteiger partial charge on any atom is -0.744 e. The summed E-state index contributed by atoms with van der Waals surface area (Å²) >= 11 is 0. The van der Waals surface area contributed by atoms with Crippen molar-refractivity contribution in [2.45, 2.75) is 44.4 Å². The van der Waals surface area contributed by atoms with Crippen LogP contribution in [0, 0.1) is 0 Å². The van der Waals surface area contributed by atoms with Crippen LogP contribution in [0.2, 0.25) is 0 Å². The number of carbonyl (C=O) groups is 2. The Morgan fingerprint density at radius 3 is 1.40 bits per heavy atom. The predicted molar refractivity (Wildman–Crippen MR) is 157 cm³/mol. The molecule has 0 aliphatic heterocycles. The van der Waals surface area contributed by atoms with Gasteiger partial charge in [0.15, 0.2) is 0 Å². The molecule has 0 saturated heterocycles. The zero-order valence-corrected chi connectivity index (χ0v) is 25.9. The van der Waals surface area contributed by atoms with Gasteiger partial charge in [-0.3, -0.25) is 0 Å². The van der Waals surface area contributed by atoms with E-state index in [1.165, 1.54) is 0 Å². The smallest absolute Gasteiger partial charge is 0.338 e. The summed E-state index contributed by atoms with van der Waals surface area (Å²) in [5.41, 5.74) is 4.24. The Morgan fingerprint density at radius 2 is 1.05 bits per heavy atom. The number of rotatable bonds is 21. The fourth-order valence-electron chi connectivity index (χ4n) is 3.15. The lowest BCUT2D eigenvalue weighted by Gasteiger charge is -2.12. The molecule has 0 unspecified atom stereocenters. The van der Waals surface area contributed by atoms with Crippen molar-refractivity contribution in [1.29, 1.82) is 0 Å². The van der Waals surface area contributed by atoms with Gasteiger partial charge in [0.1, 0.15) is 29.0 Å². The molecule has 0 radical (unpaired) electrons. The summed E-state index contributed by atoms with van der Waals surface area (Å²) in [5, 5.41) is 0. The van der Waals surface area contributed by atoms with Gasteiger partial charge in [-0.2, -0.15) is 0 Å². The van der Waals surface area contributed by atoms with E-state index in [9.17, 15) is 22.6 Å². The number of hydrogen-bond acceptors (Lipinski definition) is 11. The molecular formula is C30H45NO11S. The van der Waals surface area contributed by atoms with E-state index in [4.69, 9.17) is 28.4 Å². The topological polar surface area (TPSA) is 174 Å². The number of esters is 2. The van der Waals surface area contributed by atoms with Crippen LogP contribution in [-0.4, -0.2) is 91.0 Å². The summed E-state index contributed by atoms with van der Waals surface area (Å²) in [6.45, 7) is 6.90. The van der Waals surface area contributed by atoms with Crippen molar-refractivity contribution in [2.24, 2.45) is 0 Å². The maximum absolute atomic E-state index is 12.3. The van der Waals surface area contributed by atoms with Crippen LogP contribution < -0.4 is 5.73 Å². The lowest BCUT2D eigenvalue weighted by atomic mass is 10.1. The van der Waals surface area contributed by atoms with E-state index in [1.807, 2.05) is 30.3 Å². The summed E-state index contributed by atoms with van der Waals surface area (Å²) < 4.78 is 65.9. The molecule has 0 fully saturated rings. The number of unbranched alkanes of at least 4 members (excludes halogenated alkanes) is 2. The molecule has 242 valence electrons. The van der Waals surface area contributed by atoms with Gasteiger partial charge in [0.05, 0.1) is 55.7 Å². The van der Waals surface area contributed by atoms with E-state index in [1.54, 1.807) is 0 Å². The quantitative estimate of drug-likeness (QED) is 0.122. The lowest BCUT2D eigenvalue weighted by molar-refractivity contribution is -0.254. The highest BCUT2D eigenvalue weighted by molar-refractivity contribution is 7.85. The van der Waals surface area contributed by atoms with Crippen LogP contribution in [0.1, 0.15) is 60.2 Å². The van der Waals surface area contributed by atoms with Gasteiger partial charge in [0.2, 0.25) is 0 Å². The van der Waals surface area contributed by atoms with Crippen LogP contribution in [0.3, 0.4) is 0 Å². The molecule has 0 amide bonds. The Balaban J connectivity index is 0.00000115. The van der Waals surface area contributed by atoms with Crippen molar-refractivity contribution >= 4 is 27.7 Å². The largest absolute Gasteiger partial charge is 0.744 e. The minimum atomic E-state index is -4.94. The highest BCUT2D eigenvalue weighted by Crippen LogP contribution is 2.17.